The summed E-state index contributed by atoms with van der Waals surface area (Å²) in [4.78, 5) is 16.3. The first-order valence-electron chi connectivity index (χ1n) is 6.76. The SMILES string of the molecule is CCCN(C(=O)c1ccc(N(C)C)c(N)c1)C(C)C. The van der Waals surface area contributed by atoms with Gasteiger partial charge in [0.25, 0.3) is 5.91 Å². The molecule has 0 saturated carbocycles. The number of carbonyl (C=O) groups excluding carboxylic acids is 1. The number of nitrogens with zero attached hydrogens (tertiary/aromatic N) is 2. The van der Waals surface area contributed by atoms with Gasteiger partial charge >= 0.3 is 0 Å². The Morgan fingerprint density at radius 3 is 2.37 bits per heavy atom. The second-order valence-electron chi connectivity index (χ2n) is 5.26. The van der Waals surface area contributed by atoms with Crippen LogP contribution >= 0.6 is 0 Å². The number of nitrogens with two attached hydrogens (primary N) is 1. The first-order valence-corrected chi connectivity index (χ1v) is 6.76. The Labute approximate surface area is 116 Å². The van der Waals surface area contributed by atoms with E-state index in [0.29, 0.717) is 11.3 Å². The topological polar surface area (TPSA) is 49.6 Å². The molecule has 0 saturated heterocycles. The third kappa shape index (κ3) is 3.63. The number of nitrogen functional groups attached to an aromatic ring is 1. The van der Waals surface area contributed by atoms with Gasteiger partial charge in [0.05, 0.1) is 11.4 Å². The summed E-state index contributed by atoms with van der Waals surface area (Å²) in [5.41, 5.74) is 8.22. The molecule has 0 atom stereocenters. The average Bonchev–Trinajstić information content (AvgIpc) is 2.34. The van der Waals surface area contributed by atoms with Crippen molar-refractivity contribution in [1.82, 2.24) is 4.90 Å². The van der Waals surface area contributed by atoms with Gasteiger partial charge in [-0.05, 0) is 38.5 Å². The number of anilines is 2. The second kappa shape index (κ2) is 6.45. The maximum Gasteiger partial charge on any atom is 0.254 e. The van der Waals surface area contributed by atoms with Crippen molar-refractivity contribution in [2.75, 3.05) is 31.3 Å². The van der Waals surface area contributed by atoms with Gasteiger partial charge in [0, 0.05) is 32.2 Å². The second-order valence-corrected chi connectivity index (χ2v) is 5.26. The Balaban J connectivity index is 3.02. The average molecular weight is 263 g/mol. The maximum absolute atomic E-state index is 12.5. The van der Waals surface area contributed by atoms with Crippen molar-refractivity contribution >= 4 is 17.3 Å². The highest BCUT2D eigenvalue weighted by Crippen LogP contribution is 2.23. The monoisotopic (exact) mass is 263 g/mol. The number of amides is 1. The van der Waals surface area contributed by atoms with Crippen LogP contribution in [0, 0.1) is 0 Å². The molecule has 0 unspecified atom stereocenters. The van der Waals surface area contributed by atoms with Gasteiger partial charge in [0.1, 0.15) is 0 Å². The highest BCUT2D eigenvalue weighted by molar-refractivity contribution is 5.96. The molecule has 106 valence electrons. The quantitative estimate of drug-likeness (QED) is 0.831. The summed E-state index contributed by atoms with van der Waals surface area (Å²) in [7, 11) is 3.87. The maximum atomic E-state index is 12.5. The van der Waals surface area contributed by atoms with Gasteiger partial charge in [-0.2, -0.15) is 0 Å². The van der Waals surface area contributed by atoms with Crippen LogP contribution in [-0.2, 0) is 0 Å². The van der Waals surface area contributed by atoms with Gasteiger partial charge in [-0.15, -0.1) is 0 Å². The summed E-state index contributed by atoms with van der Waals surface area (Å²) in [6.07, 6.45) is 0.954. The first-order chi connectivity index (χ1) is 8.88. The summed E-state index contributed by atoms with van der Waals surface area (Å²) < 4.78 is 0. The lowest BCUT2D eigenvalue weighted by molar-refractivity contribution is 0.0706. The zero-order valence-corrected chi connectivity index (χ0v) is 12.6. The molecular formula is C15H25N3O. The molecular weight excluding hydrogens is 238 g/mol. The summed E-state index contributed by atoms with van der Waals surface area (Å²) in [6, 6.07) is 5.71. The van der Waals surface area contributed by atoms with Crippen LogP contribution in [0.15, 0.2) is 18.2 Å². The standard InChI is InChI=1S/C15H25N3O/c1-6-9-18(11(2)3)15(19)12-7-8-14(17(4)5)13(16)10-12/h7-8,10-11H,6,9,16H2,1-5H3. The van der Waals surface area contributed by atoms with Crippen LogP contribution in [-0.4, -0.2) is 37.5 Å². The molecule has 0 fully saturated rings. The molecule has 0 aliphatic carbocycles. The van der Waals surface area contributed by atoms with Gasteiger partial charge < -0.3 is 15.5 Å². The van der Waals surface area contributed by atoms with E-state index in [0.717, 1.165) is 18.7 Å². The molecule has 0 spiro atoms. The van der Waals surface area contributed by atoms with E-state index in [1.54, 1.807) is 6.07 Å². The molecule has 0 aliphatic heterocycles. The largest absolute Gasteiger partial charge is 0.397 e. The van der Waals surface area contributed by atoms with Crippen LogP contribution in [0.4, 0.5) is 11.4 Å². The lowest BCUT2D eigenvalue weighted by Crippen LogP contribution is -2.37. The molecule has 0 aromatic heterocycles. The van der Waals surface area contributed by atoms with E-state index in [4.69, 9.17) is 5.73 Å². The lowest BCUT2D eigenvalue weighted by atomic mass is 10.1. The van der Waals surface area contributed by atoms with E-state index in [2.05, 4.69) is 6.92 Å². The van der Waals surface area contributed by atoms with Crippen molar-refractivity contribution in [1.29, 1.82) is 0 Å². The number of benzene rings is 1. The summed E-state index contributed by atoms with van der Waals surface area (Å²) in [5, 5.41) is 0. The molecule has 4 heteroatoms. The summed E-state index contributed by atoms with van der Waals surface area (Å²) >= 11 is 0. The Morgan fingerprint density at radius 2 is 1.95 bits per heavy atom. The molecule has 0 aliphatic rings. The smallest absolute Gasteiger partial charge is 0.254 e. The fraction of sp³-hybridized carbons (Fsp3) is 0.533. The lowest BCUT2D eigenvalue weighted by Gasteiger charge is -2.27. The minimum absolute atomic E-state index is 0.0499. The van der Waals surface area contributed by atoms with E-state index in [9.17, 15) is 4.79 Å². The predicted octanol–water partition coefficient (Wildman–Crippen LogP) is 2.60. The van der Waals surface area contributed by atoms with E-state index < -0.39 is 0 Å². The molecule has 1 aromatic carbocycles. The minimum Gasteiger partial charge on any atom is -0.397 e. The van der Waals surface area contributed by atoms with Crippen LogP contribution in [0.3, 0.4) is 0 Å². The van der Waals surface area contributed by atoms with Gasteiger partial charge in [-0.25, -0.2) is 0 Å². The van der Waals surface area contributed by atoms with Crippen LogP contribution < -0.4 is 10.6 Å². The van der Waals surface area contributed by atoms with Crippen LogP contribution in [0.1, 0.15) is 37.6 Å². The van der Waals surface area contributed by atoms with E-state index in [1.807, 2.05) is 49.9 Å². The summed E-state index contributed by atoms with van der Waals surface area (Å²) in [5.74, 6) is 0.0499. The first kappa shape index (κ1) is 15.3. The molecule has 19 heavy (non-hydrogen) atoms. The zero-order chi connectivity index (χ0) is 14.6. The molecule has 2 N–H and O–H groups in total. The van der Waals surface area contributed by atoms with Crippen molar-refractivity contribution in [3.05, 3.63) is 23.8 Å². The van der Waals surface area contributed by atoms with E-state index >= 15 is 0 Å². The Morgan fingerprint density at radius 1 is 1.32 bits per heavy atom. The van der Waals surface area contributed by atoms with Crippen LogP contribution in [0.5, 0.6) is 0 Å². The Bertz CT molecular complexity index is 441. The predicted molar refractivity (Wildman–Crippen MR) is 81.6 cm³/mol. The van der Waals surface area contributed by atoms with E-state index in [1.165, 1.54) is 0 Å². The number of carbonyl (C=O) groups is 1. The van der Waals surface area contributed by atoms with Crippen molar-refractivity contribution in [2.24, 2.45) is 0 Å². The number of hydrogen-bond donors (Lipinski definition) is 1. The molecule has 0 heterocycles. The number of hydrogen-bond acceptors (Lipinski definition) is 3. The molecule has 1 amide bonds. The molecule has 1 rings (SSSR count). The highest BCUT2D eigenvalue weighted by Gasteiger charge is 2.18. The van der Waals surface area contributed by atoms with Crippen LogP contribution in [0.2, 0.25) is 0 Å². The van der Waals surface area contributed by atoms with Gasteiger partial charge in [0.15, 0.2) is 0 Å². The third-order valence-electron chi connectivity index (χ3n) is 3.11. The Kier molecular flexibility index (Phi) is 5.21. The van der Waals surface area contributed by atoms with Gasteiger partial charge in [0.2, 0.25) is 0 Å². The molecule has 4 nitrogen and oxygen atoms in total. The van der Waals surface area contributed by atoms with Crippen molar-refractivity contribution in [2.45, 2.75) is 33.2 Å². The van der Waals surface area contributed by atoms with Crippen molar-refractivity contribution in [3.8, 4) is 0 Å². The normalized spacial score (nSPS) is 10.6. The Hall–Kier alpha value is -1.71. The fourth-order valence-corrected chi connectivity index (χ4v) is 2.10. The highest BCUT2D eigenvalue weighted by atomic mass is 16.2. The molecule has 1 aromatic rings. The van der Waals surface area contributed by atoms with Gasteiger partial charge in [-0.3, -0.25) is 4.79 Å². The van der Waals surface area contributed by atoms with E-state index in [-0.39, 0.29) is 11.9 Å². The van der Waals surface area contributed by atoms with Crippen LogP contribution in [0.25, 0.3) is 0 Å². The fourth-order valence-electron chi connectivity index (χ4n) is 2.10. The number of rotatable bonds is 5. The third-order valence-corrected chi connectivity index (χ3v) is 3.11. The minimum atomic E-state index is 0.0499. The molecule has 0 bridgehead atoms. The van der Waals surface area contributed by atoms with Gasteiger partial charge in [-0.1, -0.05) is 6.92 Å². The van der Waals surface area contributed by atoms with Crippen molar-refractivity contribution in [3.63, 3.8) is 0 Å². The summed E-state index contributed by atoms with van der Waals surface area (Å²) in [6.45, 7) is 6.91. The zero-order valence-electron chi connectivity index (χ0n) is 12.6. The molecule has 0 radical (unpaired) electrons. The van der Waals surface area contributed by atoms with Crippen molar-refractivity contribution < 1.29 is 4.79 Å².